The van der Waals surface area contributed by atoms with Gasteiger partial charge in [0, 0.05) is 19.3 Å². The lowest BCUT2D eigenvalue weighted by Gasteiger charge is -2.31. The van der Waals surface area contributed by atoms with Crippen molar-refractivity contribution >= 4 is 17.9 Å². The highest BCUT2D eigenvalue weighted by Crippen LogP contribution is 2.17. The van der Waals surface area contributed by atoms with E-state index < -0.39 is 18.1 Å². The van der Waals surface area contributed by atoms with E-state index >= 15 is 0 Å². The molecule has 0 aromatic carbocycles. The monoisotopic (exact) mass is 865 g/mol. The van der Waals surface area contributed by atoms with E-state index in [1.165, 1.54) is 173 Å². The molecule has 0 saturated carbocycles. The Morgan fingerprint density at radius 2 is 0.820 bits per heavy atom. The number of hydrogen-bond donors (Lipinski definition) is 1. The highest BCUT2D eigenvalue weighted by molar-refractivity contribution is 5.72. The summed E-state index contributed by atoms with van der Waals surface area (Å²) < 4.78 is 17.4. The number of allylic oxidation sites excluding steroid dienone is 2. The molecule has 0 amide bonds. The quantitative estimate of drug-likeness (QED) is 0.0281. The second-order valence-corrected chi connectivity index (χ2v) is 19.1. The van der Waals surface area contributed by atoms with Gasteiger partial charge in [0.2, 0.25) is 0 Å². The fourth-order valence-electron chi connectivity index (χ4n) is 8.09. The van der Waals surface area contributed by atoms with Crippen molar-refractivity contribution in [2.75, 3.05) is 41.0 Å². The fraction of sp³-hybridized carbons (Fsp3) is 0.906. The van der Waals surface area contributed by atoms with Crippen LogP contribution in [0.5, 0.6) is 0 Å². The lowest BCUT2D eigenvalue weighted by atomic mass is 10.0. The van der Waals surface area contributed by atoms with E-state index in [4.69, 9.17) is 14.2 Å². The summed E-state index contributed by atoms with van der Waals surface area (Å²) in [6.45, 7) is 4.77. The van der Waals surface area contributed by atoms with E-state index in [1.54, 1.807) is 0 Å². The van der Waals surface area contributed by atoms with Crippen LogP contribution in [0.1, 0.15) is 258 Å². The largest absolute Gasteiger partial charge is 0.477 e. The number of esters is 2. The molecule has 0 heterocycles. The van der Waals surface area contributed by atoms with E-state index in [9.17, 15) is 19.5 Å². The van der Waals surface area contributed by atoms with Gasteiger partial charge in [-0.1, -0.05) is 212 Å². The average Bonchev–Trinajstić information content (AvgIpc) is 3.22. The molecule has 2 atom stereocenters. The predicted octanol–water partition coefficient (Wildman–Crippen LogP) is 15.0. The van der Waals surface area contributed by atoms with Crippen LogP contribution in [0.15, 0.2) is 12.2 Å². The summed E-state index contributed by atoms with van der Waals surface area (Å²) in [5.41, 5.74) is 0. The van der Waals surface area contributed by atoms with Crippen molar-refractivity contribution in [1.29, 1.82) is 0 Å². The summed E-state index contributed by atoms with van der Waals surface area (Å²) >= 11 is 0. The number of likely N-dealkylation sites (N-methyl/N-ethyl adjacent to an activating group) is 1. The molecule has 0 aliphatic heterocycles. The molecule has 61 heavy (non-hydrogen) atoms. The Morgan fingerprint density at radius 3 is 1.18 bits per heavy atom. The number of carboxylic acid groups (broad SMARTS) is 1. The van der Waals surface area contributed by atoms with Gasteiger partial charge in [-0.3, -0.25) is 9.59 Å². The van der Waals surface area contributed by atoms with E-state index in [0.717, 1.165) is 51.4 Å². The highest BCUT2D eigenvalue weighted by Gasteiger charge is 2.31. The van der Waals surface area contributed by atoms with E-state index in [2.05, 4.69) is 26.0 Å². The van der Waals surface area contributed by atoms with Crippen molar-refractivity contribution in [3.8, 4) is 0 Å². The van der Waals surface area contributed by atoms with E-state index in [-0.39, 0.29) is 36.2 Å². The van der Waals surface area contributed by atoms with Crippen LogP contribution in [0.2, 0.25) is 0 Å². The van der Waals surface area contributed by atoms with Crippen LogP contribution in [0.25, 0.3) is 0 Å². The zero-order chi connectivity index (χ0) is 44.9. The number of rotatable bonds is 48. The SMILES string of the molecule is CCCCCCCC/C=C\CCCCCCCC(=O)OC(COCCC(C(=O)O)[N+](C)(C)C)COC(=O)CCCCCCCCCCCCCCCCCCCCCCCC. The minimum absolute atomic E-state index is 0.0477. The summed E-state index contributed by atoms with van der Waals surface area (Å²) in [4.78, 5) is 37.1. The zero-order valence-electron chi connectivity index (χ0n) is 41.1. The third-order valence-corrected chi connectivity index (χ3v) is 12.2. The van der Waals surface area contributed by atoms with Crippen LogP contribution >= 0.6 is 0 Å². The lowest BCUT2D eigenvalue weighted by molar-refractivity contribution is -0.887. The van der Waals surface area contributed by atoms with Gasteiger partial charge < -0.3 is 23.8 Å². The van der Waals surface area contributed by atoms with E-state index in [1.807, 2.05) is 21.1 Å². The van der Waals surface area contributed by atoms with Gasteiger partial charge in [-0.2, -0.15) is 0 Å². The molecule has 0 radical (unpaired) electrons. The normalized spacial score (nSPS) is 12.9. The molecule has 0 aliphatic carbocycles. The van der Waals surface area contributed by atoms with Gasteiger partial charge in [-0.25, -0.2) is 4.79 Å². The summed E-state index contributed by atoms with van der Waals surface area (Å²) in [6, 6.07) is -0.612. The van der Waals surface area contributed by atoms with Crippen molar-refractivity contribution < 1.29 is 38.2 Å². The summed E-state index contributed by atoms with van der Waals surface area (Å²) in [6.07, 6.45) is 49.8. The number of hydrogen-bond acceptors (Lipinski definition) is 6. The Kier molecular flexibility index (Phi) is 43.3. The Morgan fingerprint density at radius 1 is 0.475 bits per heavy atom. The number of carbonyl (C=O) groups is 3. The highest BCUT2D eigenvalue weighted by atomic mass is 16.6. The van der Waals surface area contributed by atoms with Crippen LogP contribution in [-0.4, -0.2) is 80.6 Å². The molecule has 0 aliphatic rings. The maximum absolute atomic E-state index is 12.8. The van der Waals surface area contributed by atoms with Crippen molar-refractivity contribution in [2.24, 2.45) is 0 Å². The molecule has 0 aromatic rings. The van der Waals surface area contributed by atoms with Gasteiger partial charge in [-0.05, 0) is 38.5 Å². The number of nitrogens with zero attached hydrogens (tertiary/aromatic N) is 1. The van der Waals surface area contributed by atoms with Crippen LogP contribution in [0.4, 0.5) is 0 Å². The molecule has 0 spiro atoms. The smallest absolute Gasteiger partial charge is 0.362 e. The maximum Gasteiger partial charge on any atom is 0.362 e. The molecular formula is C53H102NO7+. The molecule has 0 bridgehead atoms. The van der Waals surface area contributed by atoms with Crippen molar-refractivity contribution in [1.82, 2.24) is 0 Å². The third-order valence-electron chi connectivity index (χ3n) is 12.2. The lowest BCUT2D eigenvalue weighted by Crippen LogP contribution is -2.50. The second kappa shape index (κ2) is 44.7. The first-order valence-electron chi connectivity index (χ1n) is 26.2. The number of carboxylic acids is 1. The van der Waals surface area contributed by atoms with Crippen molar-refractivity contribution in [3.63, 3.8) is 0 Å². The molecule has 0 rings (SSSR count). The third kappa shape index (κ3) is 43.1. The molecule has 360 valence electrons. The van der Waals surface area contributed by atoms with Crippen molar-refractivity contribution in [3.05, 3.63) is 12.2 Å². The van der Waals surface area contributed by atoms with Crippen LogP contribution in [-0.2, 0) is 28.6 Å². The first-order valence-corrected chi connectivity index (χ1v) is 26.2. The van der Waals surface area contributed by atoms with Crippen LogP contribution in [0, 0.1) is 0 Å². The zero-order valence-corrected chi connectivity index (χ0v) is 41.1. The van der Waals surface area contributed by atoms with Gasteiger partial charge >= 0.3 is 17.9 Å². The van der Waals surface area contributed by atoms with Crippen LogP contribution in [0.3, 0.4) is 0 Å². The topological polar surface area (TPSA) is 99.1 Å². The predicted molar refractivity (Wildman–Crippen MR) is 257 cm³/mol. The number of quaternary nitrogens is 1. The Labute approximate surface area is 378 Å². The number of unbranched alkanes of at least 4 members (excludes halogenated alkanes) is 32. The van der Waals surface area contributed by atoms with Gasteiger partial charge in [0.1, 0.15) is 6.61 Å². The van der Waals surface area contributed by atoms with Crippen LogP contribution < -0.4 is 0 Å². The fourth-order valence-corrected chi connectivity index (χ4v) is 8.09. The molecule has 8 nitrogen and oxygen atoms in total. The number of ether oxygens (including phenoxy) is 3. The Bertz CT molecular complexity index is 1010. The van der Waals surface area contributed by atoms with Gasteiger partial charge in [0.05, 0.1) is 34.4 Å². The summed E-state index contributed by atoms with van der Waals surface area (Å²) in [5.74, 6) is -1.46. The first kappa shape index (κ1) is 59.1. The van der Waals surface area contributed by atoms with Crippen molar-refractivity contribution in [2.45, 2.75) is 270 Å². The Hall–Kier alpha value is -1.93. The number of carbonyl (C=O) groups excluding carboxylic acids is 2. The Balaban J connectivity index is 4.16. The molecule has 1 N–H and O–H groups in total. The summed E-state index contributed by atoms with van der Waals surface area (Å²) in [5, 5.41) is 9.65. The van der Waals surface area contributed by atoms with Gasteiger partial charge in [0.15, 0.2) is 12.1 Å². The second-order valence-electron chi connectivity index (χ2n) is 19.1. The molecule has 0 aromatic heterocycles. The molecule has 2 unspecified atom stereocenters. The van der Waals surface area contributed by atoms with Gasteiger partial charge in [-0.15, -0.1) is 0 Å². The molecule has 0 fully saturated rings. The average molecular weight is 865 g/mol. The van der Waals surface area contributed by atoms with E-state index in [0.29, 0.717) is 19.3 Å². The summed E-state index contributed by atoms with van der Waals surface area (Å²) in [7, 11) is 5.54. The maximum atomic E-state index is 12.8. The molecular weight excluding hydrogens is 763 g/mol. The standard InChI is InChI=1S/C53H101NO7/c1-6-8-10-12-14-16-18-20-22-23-24-25-26-27-28-30-31-33-35-37-39-41-43-51(55)60-48-49(47-59-46-45-50(53(57)58)54(3,4)5)61-52(56)44-42-40-38-36-34-32-29-21-19-17-15-13-11-9-7-2/h21,29,49-50H,6-20,22-28,30-48H2,1-5H3/p+1/b29-21-. The molecule has 8 heteroatoms. The minimum atomic E-state index is -0.872. The molecule has 0 saturated heterocycles. The number of aliphatic carboxylic acids is 1. The first-order chi connectivity index (χ1) is 29.6. The van der Waals surface area contributed by atoms with Gasteiger partial charge in [0.25, 0.3) is 0 Å². The minimum Gasteiger partial charge on any atom is -0.477 e.